The van der Waals surface area contributed by atoms with E-state index in [0.717, 1.165) is 43.8 Å². The number of carbonyl (C=O) groups excluding carboxylic acids is 1. The molecule has 1 aromatic heterocycles. The highest BCUT2D eigenvalue weighted by atomic mass is 32.1. The fraction of sp³-hybridized carbons (Fsp3) is 0.667. The highest BCUT2D eigenvalue weighted by Gasteiger charge is 2.28. The number of anilines is 2. The number of nitrogen functional groups attached to an aromatic ring is 1. The Morgan fingerprint density at radius 2 is 2.10 bits per heavy atom. The lowest BCUT2D eigenvalue weighted by Crippen LogP contribution is -2.36. The molecule has 2 heterocycles. The van der Waals surface area contributed by atoms with Crippen LogP contribution in [0.15, 0.2) is 6.07 Å². The van der Waals surface area contributed by atoms with Crippen molar-refractivity contribution in [1.29, 1.82) is 0 Å². The third-order valence-corrected chi connectivity index (χ3v) is 5.61. The number of nitrogens with one attached hydrogen (secondary N) is 1. The Bertz CT molecular complexity index is 517. The number of aliphatic hydroxyl groups is 1. The van der Waals surface area contributed by atoms with Crippen molar-refractivity contribution in [3.05, 3.63) is 10.9 Å². The van der Waals surface area contributed by atoms with E-state index in [9.17, 15) is 9.90 Å². The lowest BCUT2D eigenvalue weighted by atomic mass is 9.92. The highest BCUT2D eigenvalue weighted by Crippen LogP contribution is 2.35. The van der Waals surface area contributed by atoms with Crippen molar-refractivity contribution in [3.8, 4) is 0 Å². The average molecular weight is 309 g/mol. The number of thiophene rings is 1. The number of carbonyl (C=O) groups is 1. The fourth-order valence-corrected chi connectivity index (χ4v) is 3.84. The average Bonchev–Trinajstić information content (AvgIpc) is 3.18. The quantitative estimate of drug-likeness (QED) is 0.793. The van der Waals surface area contributed by atoms with Gasteiger partial charge in [0.05, 0.1) is 16.8 Å². The second-order valence-corrected chi connectivity index (χ2v) is 7.21. The summed E-state index contributed by atoms with van der Waals surface area (Å²) in [6, 6.07) is 2.26. The molecule has 21 heavy (non-hydrogen) atoms. The van der Waals surface area contributed by atoms with Crippen LogP contribution in [0.3, 0.4) is 0 Å². The first-order chi connectivity index (χ1) is 10.0. The standard InChI is InChI=1S/C15H23N3O2S/c1-9(19)10-4-6-18(7-5-10)13-8-12(16)14(21-13)15(20)17-11-2-3-11/h8-11,19H,2-7,16H2,1H3,(H,17,20). The van der Waals surface area contributed by atoms with Gasteiger partial charge in [0.15, 0.2) is 0 Å². The zero-order valence-corrected chi connectivity index (χ0v) is 13.2. The van der Waals surface area contributed by atoms with Crippen molar-refractivity contribution in [2.75, 3.05) is 23.7 Å². The third kappa shape index (κ3) is 3.32. The van der Waals surface area contributed by atoms with Gasteiger partial charge in [-0.2, -0.15) is 0 Å². The smallest absolute Gasteiger partial charge is 0.263 e. The van der Waals surface area contributed by atoms with Crippen LogP contribution in [0.2, 0.25) is 0 Å². The lowest BCUT2D eigenvalue weighted by Gasteiger charge is -2.33. The Morgan fingerprint density at radius 3 is 2.67 bits per heavy atom. The van der Waals surface area contributed by atoms with Gasteiger partial charge in [-0.1, -0.05) is 0 Å². The minimum Gasteiger partial charge on any atom is -0.397 e. The van der Waals surface area contributed by atoms with E-state index in [1.807, 2.05) is 13.0 Å². The van der Waals surface area contributed by atoms with Gasteiger partial charge < -0.3 is 21.1 Å². The Balaban J connectivity index is 1.65. The summed E-state index contributed by atoms with van der Waals surface area (Å²) in [7, 11) is 0. The van der Waals surface area contributed by atoms with Crippen molar-refractivity contribution in [2.45, 2.75) is 44.8 Å². The molecule has 0 aromatic carbocycles. The summed E-state index contributed by atoms with van der Waals surface area (Å²) in [5.74, 6) is 0.348. The molecule has 2 aliphatic rings. The largest absolute Gasteiger partial charge is 0.397 e. The van der Waals surface area contributed by atoms with E-state index in [1.165, 1.54) is 11.3 Å². The topological polar surface area (TPSA) is 78.6 Å². The molecule has 5 nitrogen and oxygen atoms in total. The number of amides is 1. The molecule has 1 atom stereocenters. The van der Waals surface area contributed by atoms with Gasteiger partial charge >= 0.3 is 0 Å². The van der Waals surface area contributed by atoms with Crippen LogP contribution in [0, 0.1) is 5.92 Å². The molecular weight excluding hydrogens is 286 g/mol. The van der Waals surface area contributed by atoms with Crippen LogP contribution in [-0.2, 0) is 0 Å². The van der Waals surface area contributed by atoms with E-state index in [-0.39, 0.29) is 12.0 Å². The van der Waals surface area contributed by atoms with Gasteiger partial charge in [0.2, 0.25) is 0 Å². The van der Waals surface area contributed by atoms with E-state index in [4.69, 9.17) is 5.73 Å². The van der Waals surface area contributed by atoms with Crippen LogP contribution in [0.5, 0.6) is 0 Å². The molecule has 0 radical (unpaired) electrons. The monoisotopic (exact) mass is 309 g/mol. The number of piperidine rings is 1. The molecule has 1 aliphatic heterocycles. The van der Waals surface area contributed by atoms with Crippen LogP contribution in [0.1, 0.15) is 42.3 Å². The molecule has 1 aliphatic carbocycles. The van der Waals surface area contributed by atoms with E-state index in [0.29, 0.717) is 22.5 Å². The number of nitrogens with two attached hydrogens (primary N) is 1. The van der Waals surface area contributed by atoms with Crippen LogP contribution in [0.25, 0.3) is 0 Å². The van der Waals surface area contributed by atoms with Crippen molar-refractivity contribution in [1.82, 2.24) is 5.32 Å². The van der Waals surface area contributed by atoms with Crippen LogP contribution >= 0.6 is 11.3 Å². The SMILES string of the molecule is CC(O)C1CCN(c2cc(N)c(C(=O)NC3CC3)s2)CC1. The zero-order valence-electron chi connectivity index (χ0n) is 12.3. The summed E-state index contributed by atoms with van der Waals surface area (Å²) >= 11 is 1.48. The minimum atomic E-state index is -0.236. The number of hydrogen-bond donors (Lipinski definition) is 3. The first-order valence-electron chi connectivity index (χ1n) is 7.68. The third-order valence-electron chi connectivity index (χ3n) is 4.40. The van der Waals surface area contributed by atoms with Gasteiger partial charge in [0, 0.05) is 19.1 Å². The maximum Gasteiger partial charge on any atom is 0.263 e. The summed E-state index contributed by atoms with van der Waals surface area (Å²) in [5.41, 5.74) is 6.58. The van der Waals surface area contributed by atoms with Crippen LogP contribution < -0.4 is 16.0 Å². The normalized spacial score (nSPS) is 21.3. The Labute approximate surface area is 129 Å². The summed E-state index contributed by atoms with van der Waals surface area (Å²) < 4.78 is 0. The molecule has 1 unspecified atom stereocenters. The summed E-state index contributed by atoms with van der Waals surface area (Å²) in [6.07, 6.45) is 3.89. The van der Waals surface area contributed by atoms with Gasteiger partial charge in [-0.05, 0) is 44.6 Å². The second-order valence-electron chi connectivity index (χ2n) is 6.18. The molecule has 1 saturated heterocycles. The van der Waals surface area contributed by atoms with E-state index in [2.05, 4.69) is 10.2 Å². The number of nitrogens with zero attached hydrogens (tertiary/aromatic N) is 1. The Kier molecular flexibility index (Phi) is 4.08. The molecule has 0 bridgehead atoms. The number of hydrogen-bond acceptors (Lipinski definition) is 5. The molecule has 3 rings (SSSR count). The van der Waals surface area contributed by atoms with E-state index in [1.54, 1.807) is 0 Å². The Morgan fingerprint density at radius 1 is 1.43 bits per heavy atom. The molecule has 6 heteroatoms. The molecule has 116 valence electrons. The molecular formula is C15H23N3O2S. The molecule has 1 amide bonds. The maximum absolute atomic E-state index is 12.1. The van der Waals surface area contributed by atoms with Gasteiger partial charge in [-0.3, -0.25) is 4.79 Å². The number of rotatable bonds is 4. The predicted octanol–water partition coefficient (Wildman–Crippen LogP) is 1.82. The van der Waals surface area contributed by atoms with Crippen molar-refractivity contribution in [2.24, 2.45) is 5.92 Å². The van der Waals surface area contributed by atoms with Crippen LogP contribution in [-0.4, -0.2) is 36.2 Å². The molecule has 2 fully saturated rings. The van der Waals surface area contributed by atoms with Gasteiger partial charge in [0.1, 0.15) is 4.88 Å². The van der Waals surface area contributed by atoms with E-state index >= 15 is 0 Å². The predicted molar refractivity (Wildman–Crippen MR) is 85.8 cm³/mol. The molecule has 1 saturated carbocycles. The summed E-state index contributed by atoms with van der Waals surface area (Å²) in [4.78, 5) is 15.0. The number of aliphatic hydroxyl groups excluding tert-OH is 1. The minimum absolute atomic E-state index is 0.0369. The fourth-order valence-electron chi connectivity index (χ4n) is 2.81. The summed E-state index contributed by atoms with van der Waals surface area (Å²) in [6.45, 7) is 3.70. The van der Waals surface area contributed by atoms with Crippen molar-refractivity contribution < 1.29 is 9.90 Å². The highest BCUT2D eigenvalue weighted by molar-refractivity contribution is 7.18. The lowest BCUT2D eigenvalue weighted by molar-refractivity contribution is 0.0956. The van der Waals surface area contributed by atoms with Gasteiger partial charge in [0.25, 0.3) is 5.91 Å². The van der Waals surface area contributed by atoms with Gasteiger partial charge in [-0.15, -0.1) is 11.3 Å². The zero-order chi connectivity index (χ0) is 15.0. The first-order valence-corrected chi connectivity index (χ1v) is 8.49. The van der Waals surface area contributed by atoms with Crippen LogP contribution in [0.4, 0.5) is 10.7 Å². The molecule has 1 aromatic rings. The molecule has 0 spiro atoms. The first kappa shape index (κ1) is 14.7. The Hall–Kier alpha value is -1.27. The summed E-state index contributed by atoms with van der Waals surface area (Å²) in [5, 5.41) is 13.7. The van der Waals surface area contributed by atoms with Crippen molar-refractivity contribution in [3.63, 3.8) is 0 Å². The van der Waals surface area contributed by atoms with Crippen molar-refractivity contribution >= 4 is 27.9 Å². The second kappa shape index (κ2) is 5.85. The maximum atomic E-state index is 12.1. The molecule has 4 N–H and O–H groups in total. The van der Waals surface area contributed by atoms with Gasteiger partial charge in [-0.25, -0.2) is 0 Å². The van der Waals surface area contributed by atoms with E-state index < -0.39 is 0 Å².